The minimum absolute atomic E-state index is 0. The van der Waals surface area contributed by atoms with Crippen LogP contribution in [0, 0.1) is 13.8 Å². The van der Waals surface area contributed by atoms with Gasteiger partial charge in [0.1, 0.15) is 0 Å². The molecule has 0 saturated carbocycles. The van der Waals surface area contributed by atoms with E-state index in [-0.39, 0.29) is 16.5 Å². The van der Waals surface area contributed by atoms with E-state index >= 15 is 0 Å². The SMILES string of the molecule is CCCCCCCCc1cc(CCCCCC)cc(C2=CC(CCCC)=C(c3cc(CCCCCC)cc(CCCCCCCC)c3)[N+]2=[N-])c1.[CH2-]CCCCCCCCCCCCCC.[CH2-]CCCCCCCCCCCCCC.[Ni+2]. The van der Waals surface area contributed by atoms with E-state index in [0.29, 0.717) is 0 Å². The average molecular weight is 1160 g/mol. The van der Waals surface area contributed by atoms with Gasteiger partial charge < -0.3 is 19.4 Å². The minimum atomic E-state index is 0. The van der Waals surface area contributed by atoms with Crippen LogP contribution in [0.2, 0.25) is 0 Å². The summed E-state index contributed by atoms with van der Waals surface area (Å²) in [7, 11) is 0. The Morgan fingerprint density at radius 3 is 0.790 bits per heavy atom. The van der Waals surface area contributed by atoms with Gasteiger partial charge >= 0.3 is 16.5 Å². The maximum atomic E-state index is 12.2. The largest absolute Gasteiger partial charge is 2.00 e. The molecule has 0 spiro atoms. The van der Waals surface area contributed by atoms with Gasteiger partial charge in [0.2, 0.25) is 11.4 Å². The van der Waals surface area contributed by atoms with Crippen LogP contribution in [-0.4, -0.2) is 4.70 Å². The summed E-state index contributed by atoms with van der Waals surface area (Å²) in [6, 6.07) is 14.6. The first-order valence-corrected chi connectivity index (χ1v) is 36.2. The molecule has 0 radical (unpaired) electrons. The summed E-state index contributed by atoms with van der Waals surface area (Å²) in [4.78, 5) is 0. The summed E-state index contributed by atoms with van der Waals surface area (Å²) < 4.78 is 1.58. The molecule has 0 saturated heterocycles. The fourth-order valence-electron chi connectivity index (χ4n) is 11.8. The van der Waals surface area contributed by atoms with Gasteiger partial charge in [-0.15, -0.1) is 0 Å². The second-order valence-corrected chi connectivity index (χ2v) is 25.0. The Morgan fingerprint density at radius 1 is 0.284 bits per heavy atom. The van der Waals surface area contributed by atoms with Gasteiger partial charge in [0.25, 0.3) is 0 Å². The van der Waals surface area contributed by atoms with Crippen molar-refractivity contribution in [1.82, 2.24) is 0 Å². The van der Waals surface area contributed by atoms with Crippen LogP contribution in [0.25, 0.3) is 16.9 Å². The quantitative estimate of drug-likeness (QED) is 0.0273. The van der Waals surface area contributed by atoms with Crippen molar-refractivity contribution in [2.24, 2.45) is 0 Å². The van der Waals surface area contributed by atoms with Crippen LogP contribution in [0.15, 0.2) is 48.0 Å². The maximum absolute atomic E-state index is 12.2. The third-order valence-corrected chi connectivity index (χ3v) is 17.0. The van der Waals surface area contributed by atoms with Crippen molar-refractivity contribution in [3.05, 3.63) is 101 Å². The molecule has 1 aliphatic rings. The third-order valence-electron chi connectivity index (χ3n) is 17.0. The number of nitrogens with zero attached hydrogens (tertiary/aromatic N) is 2. The molecule has 0 bridgehead atoms. The molecule has 470 valence electrons. The van der Waals surface area contributed by atoms with Crippen molar-refractivity contribution >= 4 is 11.4 Å². The van der Waals surface area contributed by atoms with Crippen molar-refractivity contribution in [2.45, 2.75) is 389 Å². The number of hydrogen-bond acceptors (Lipinski definition) is 0. The molecule has 0 aliphatic carbocycles. The van der Waals surface area contributed by atoms with Crippen LogP contribution in [0.5, 0.6) is 0 Å². The first kappa shape index (κ1) is 79.0. The van der Waals surface area contributed by atoms with Gasteiger partial charge in [-0.25, -0.2) is 4.70 Å². The number of aryl methyl sites for hydroxylation is 4. The molecular weight excluding hydrogens is 1020 g/mol. The van der Waals surface area contributed by atoms with Gasteiger partial charge in [-0.1, -0.05) is 324 Å². The van der Waals surface area contributed by atoms with E-state index in [0.717, 1.165) is 69.2 Å². The topological polar surface area (TPSA) is 25.3 Å². The van der Waals surface area contributed by atoms with E-state index in [2.05, 4.69) is 105 Å². The average Bonchev–Trinajstić information content (AvgIpc) is 4.02. The molecular formula is C78H138N2Ni. The van der Waals surface area contributed by atoms with Crippen LogP contribution in [0.3, 0.4) is 0 Å². The van der Waals surface area contributed by atoms with Gasteiger partial charge in [0.05, 0.1) is 0 Å². The van der Waals surface area contributed by atoms with E-state index in [4.69, 9.17) is 0 Å². The normalized spacial score (nSPS) is 12.1. The molecule has 3 rings (SSSR count). The van der Waals surface area contributed by atoms with Gasteiger partial charge in [-0.3, -0.25) is 0 Å². The molecule has 0 unspecified atom stereocenters. The number of hydrogen-bond donors (Lipinski definition) is 0. The Hall–Kier alpha value is -1.99. The Kier molecular flexibility index (Phi) is 58.3. The second kappa shape index (κ2) is 59.7. The molecule has 2 aromatic rings. The summed E-state index contributed by atoms with van der Waals surface area (Å²) in [5.74, 6) is 0. The van der Waals surface area contributed by atoms with Crippen molar-refractivity contribution in [2.75, 3.05) is 0 Å². The van der Waals surface area contributed by atoms with Gasteiger partial charge in [-0.2, -0.15) is 12.8 Å². The van der Waals surface area contributed by atoms with Crippen molar-refractivity contribution in [1.29, 1.82) is 0 Å². The zero-order chi connectivity index (χ0) is 58.2. The molecule has 0 amide bonds. The van der Waals surface area contributed by atoms with Gasteiger partial charge in [0, 0.05) is 22.8 Å². The van der Waals surface area contributed by atoms with Crippen molar-refractivity contribution in [3.8, 4) is 0 Å². The molecule has 1 heterocycles. The van der Waals surface area contributed by atoms with Crippen LogP contribution in [0.1, 0.15) is 396 Å². The van der Waals surface area contributed by atoms with Crippen molar-refractivity contribution < 1.29 is 21.2 Å². The predicted molar refractivity (Wildman–Crippen MR) is 363 cm³/mol. The maximum Gasteiger partial charge on any atom is 2.00 e. The van der Waals surface area contributed by atoms with Crippen LogP contribution in [0.4, 0.5) is 0 Å². The molecule has 2 aromatic carbocycles. The Labute approximate surface area is 519 Å². The zero-order valence-electron chi connectivity index (χ0n) is 55.6. The molecule has 1 aliphatic heterocycles. The summed E-state index contributed by atoms with van der Waals surface area (Å²) in [6.45, 7) is 23.8. The molecule has 2 nitrogen and oxygen atoms in total. The summed E-state index contributed by atoms with van der Waals surface area (Å²) in [5, 5.41) is 0. The van der Waals surface area contributed by atoms with Crippen LogP contribution < -0.4 is 0 Å². The molecule has 0 N–H and O–H groups in total. The standard InChI is InChI=1S/C48H76N2.2C15H31.Ni/c1-6-11-16-20-22-26-30-41-33-40(28-24-18-13-8-3)35-45(36-41)47-39-44(32-15-10-5)48(50(47)49)46-37-42(29-25-19-14-9-4)34-43(38-46)31-27-23-21-17-12-7-2;2*1-3-5-7-9-11-13-15-14-12-10-8-6-4-2;/h33-39H,6-32H2,1-5H3;2*1,3-15H2,2H3;/q;2*-1;+2. The third kappa shape index (κ3) is 43.3. The fourth-order valence-corrected chi connectivity index (χ4v) is 11.8. The number of rotatable bonds is 53. The Bertz CT molecular complexity index is 1700. The number of allylic oxidation sites excluding steroid dienone is 2. The molecule has 81 heavy (non-hydrogen) atoms. The monoisotopic (exact) mass is 1160 g/mol. The summed E-state index contributed by atoms with van der Waals surface area (Å²) in [6.07, 6.45) is 72.9. The van der Waals surface area contributed by atoms with Gasteiger partial charge in [0.15, 0.2) is 0 Å². The summed E-state index contributed by atoms with van der Waals surface area (Å²) >= 11 is 0. The van der Waals surface area contributed by atoms with Crippen LogP contribution in [-0.2, 0) is 42.2 Å². The van der Waals surface area contributed by atoms with E-state index < -0.39 is 0 Å². The first-order valence-electron chi connectivity index (χ1n) is 36.2. The molecule has 3 heteroatoms. The van der Waals surface area contributed by atoms with E-state index in [1.165, 1.54) is 321 Å². The van der Waals surface area contributed by atoms with E-state index in [1.54, 1.807) is 4.70 Å². The second-order valence-electron chi connectivity index (χ2n) is 25.0. The van der Waals surface area contributed by atoms with E-state index in [1.807, 2.05) is 0 Å². The predicted octanol–water partition coefficient (Wildman–Crippen LogP) is 27.5. The van der Waals surface area contributed by atoms with Crippen LogP contribution >= 0.6 is 0 Å². The molecule has 0 fully saturated rings. The Balaban J connectivity index is 0.00000168. The minimum Gasteiger partial charge on any atom is -0.493 e. The van der Waals surface area contributed by atoms with Gasteiger partial charge in [-0.05, 0) is 111 Å². The fraction of sp³-hybridized carbons (Fsp3) is 0.769. The summed E-state index contributed by atoms with van der Waals surface area (Å²) in [5.41, 5.74) is 23.6. The number of benzene rings is 2. The number of unbranched alkanes of at least 4 members (excludes halogenated alkanes) is 41. The zero-order valence-corrected chi connectivity index (χ0v) is 56.6. The molecule has 0 atom stereocenters. The first-order chi connectivity index (χ1) is 39.4. The van der Waals surface area contributed by atoms with E-state index in [9.17, 15) is 5.53 Å². The smallest absolute Gasteiger partial charge is 0.493 e. The van der Waals surface area contributed by atoms with Crippen molar-refractivity contribution in [3.63, 3.8) is 0 Å². The Morgan fingerprint density at radius 2 is 0.519 bits per heavy atom. The molecule has 0 aromatic heterocycles.